The average Bonchev–Trinajstić information content (AvgIpc) is 3.46. The average molecular weight is 745 g/mol. The molecule has 3 aliphatic rings. The van der Waals surface area contributed by atoms with E-state index in [1.54, 1.807) is 21.0 Å². The Hall–Kier alpha value is -4.28. The Bertz CT molecular complexity index is 1850. The van der Waals surface area contributed by atoms with Crippen LogP contribution in [0.5, 0.6) is 0 Å². The minimum atomic E-state index is -1.08. The zero-order chi connectivity index (χ0) is 39.0. The normalized spacial score (nSPS) is 20.0. The lowest BCUT2D eigenvalue weighted by Gasteiger charge is -2.39. The van der Waals surface area contributed by atoms with Crippen LogP contribution in [0.3, 0.4) is 0 Å². The van der Waals surface area contributed by atoms with Crippen molar-refractivity contribution >= 4 is 23.0 Å². The molecular formula is C46H60N6O3. The summed E-state index contributed by atoms with van der Waals surface area (Å²) in [6.45, 7) is 16.0. The monoisotopic (exact) mass is 744 g/mol. The van der Waals surface area contributed by atoms with Gasteiger partial charge in [0.1, 0.15) is 5.60 Å². The van der Waals surface area contributed by atoms with E-state index in [2.05, 4.69) is 126 Å². The maximum Gasteiger partial charge on any atom is 0.234 e. The lowest BCUT2D eigenvalue weighted by molar-refractivity contribution is -0.126. The fraction of sp³-hybridized carbons (Fsp3) is 0.478. The quantitative estimate of drug-likeness (QED) is 0.192. The molecule has 4 heterocycles. The molecule has 3 aromatic carbocycles. The predicted octanol–water partition coefficient (Wildman–Crippen LogP) is 6.30. The first-order chi connectivity index (χ1) is 26.3. The van der Waals surface area contributed by atoms with Crippen molar-refractivity contribution in [2.75, 3.05) is 94.8 Å². The summed E-state index contributed by atoms with van der Waals surface area (Å²) < 4.78 is 5.80. The van der Waals surface area contributed by atoms with Crippen molar-refractivity contribution in [3.63, 3.8) is 0 Å². The van der Waals surface area contributed by atoms with Gasteiger partial charge in [-0.05, 0) is 107 Å². The molecule has 0 aliphatic carbocycles. The van der Waals surface area contributed by atoms with Crippen LogP contribution < -0.4 is 14.7 Å². The van der Waals surface area contributed by atoms with Gasteiger partial charge in [0.15, 0.2) is 0 Å². The second-order valence-corrected chi connectivity index (χ2v) is 17.1. The third-order valence-electron chi connectivity index (χ3n) is 12.6. The van der Waals surface area contributed by atoms with Gasteiger partial charge >= 0.3 is 0 Å². The molecule has 0 unspecified atom stereocenters. The summed E-state index contributed by atoms with van der Waals surface area (Å²) in [7, 11) is 6.10. The van der Waals surface area contributed by atoms with Crippen molar-refractivity contribution in [2.45, 2.75) is 57.7 Å². The Balaban J connectivity index is 1.39. The zero-order valence-corrected chi connectivity index (χ0v) is 34.0. The molecule has 3 aliphatic heterocycles. The highest BCUT2D eigenvalue weighted by Crippen LogP contribution is 2.52. The number of carbonyl (C=O) groups excluding carboxylic acids is 1. The van der Waals surface area contributed by atoms with Crippen molar-refractivity contribution in [3.8, 4) is 0 Å². The van der Waals surface area contributed by atoms with Gasteiger partial charge in [-0.2, -0.15) is 0 Å². The van der Waals surface area contributed by atoms with Crippen molar-refractivity contribution in [3.05, 3.63) is 119 Å². The molecule has 292 valence electrons. The molecule has 3 saturated heterocycles. The van der Waals surface area contributed by atoms with E-state index < -0.39 is 16.6 Å². The minimum absolute atomic E-state index is 0.129. The molecule has 3 fully saturated rings. The number of aliphatic hydroxyl groups is 1. The first-order valence-corrected chi connectivity index (χ1v) is 20.0. The first kappa shape index (κ1) is 39.0. The molecule has 7 rings (SSSR count). The Morgan fingerprint density at radius 1 is 0.727 bits per heavy atom. The van der Waals surface area contributed by atoms with Gasteiger partial charge in [-0.1, -0.05) is 54.6 Å². The Morgan fingerprint density at radius 3 is 1.69 bits per heavy atom. The summed E-state index contributed by atoms with van der Waals surface area (Å²) >= 11 is 0. The predicted molar refractivity (Wildman–Crippen MR) is 223 cm³/mol. The number of anilines is 3. The molecule has 55 heavy (non-hydrogen) atoms. The fourth-order valence-electron chi connectivity index (χ4n) is 8.81. The van der Waals surface area contributed by atoms with Crippen LogP contribution in [0.2, 0.25) is 0 Å². The lowest BCUT2D eigenvalue weighted by Crippen LogP contribution is -2.46. The van der Waals surface area contributed by atoms with Gasteiger partial charge in [0.05, 0.1) is 16.7 Å². The Morgan fingerprint density at radius 2 is 1.24 bits per heavy atom. The number of nitrogens with zero attached hydrogens (tertiary/aromatic N) is 6. The number of hydrogen-bond acceptors (Lipinski definition) is 8. The van der Waals surface area contributed by atoms with E-state index in [4.69, 9.17) is 9.72 Å². The van der Waals surface area contributed by atoms with Gasteiger partial charge in [-0.3, -0.25) is 9.78 Å². The topological polar surface area (TPSA) is 75.6 Å². The van der Waals surface area contributed by atoms with Gasteiger partial charge in [0.25, 0.3) is 0 Å². The molecule has 9 heteroatoms. The second-order valence-electron chi connectivity index (χ2n) is 17.1. The van der Waals surface area contributed by atoms with Gasteiger partial charge in [0, 0.05) is 95.2 Å². The van der Waals surface area contributed by atoms with Crippen LogP contribution in [0.4, 0.5) is 17.1 Å². The van der Waals surface area contributed by atoms with Crippen molar-refractivity contribution < 1.29 is 14.6 Å². The Labute approximate surface area is 328 Å². The van der Waals surface area contributed by atoms with Crippen LogP contribution in [0, 0.1) is 5.41 Å². The van der Waals surface area contributed by atoms with Crippen LogP contribution >= 0.6 is 0 Å². The van der Waals surface area contributed by atoms with E-state index >= 15 is 4.79 Å². The smallest absolute Gasteiger partial charge is 0.234 e. The number of para-hydroxylation sites is 2. The van der Waals surface area contributed by atoms with Gasteiger partial charge in [-0.25, -0.2) is 0 Å². The lowest BCUT2D eigenvalue weighted by atomic mass is 9.66. The molecule has 0 spiro atoms. The van der Waals surface area contributed by atoms with E-state index in [0.29, 0.717) is 25.1 Å². The van der Waals surface area contributed by atoms with Crippen molar-refractivity contribution in [1.82, 2.24) is 14.8 Å². The number of hydrogen-bond donors (Lipinski definition) is 1. The first-order valence-electron chi connectivity index (χ1n) is 20.0. The van der Waals surface area contributed by atoms with E-state index in [1.807, 2.05) is 17.2 Å². The fourth-order valence-corrected chi connectivity index (χ4v) is 8.81. The zero-order valence-electron chi connectivity index (χ0n) is 34.0. The van der Waals surface area contributed by atoms with Crippen LogP contribution in [0.1, 0.15) is 61.6 Å². The molecule has 1 N–H and O–H groups in total. The summed E-state index contributed by atoms with van der Waals surface area (Å²) in [6.07, 6.45) is 3.07. The highest BCUT2D eigenvalue weighted by Gasteiger charge is 2.55. The molecule has 1 atom stereocenters. The van der Waals surface area contributed by atoms with E-state index in [-0.39, 0.29) is 11.8 Å². The van der Waals surface area contributed by atoms with Crippen molar-refractivity contribution in [1.29, 1.82) is 0 Å². The maximum atomic E-state index is 15.8. The molecule has 9 nitrogen and oxygen atoms in total. The number of carbonyl (C=O) groups is 1. The third-order valence-corrected chi connectivity index (χ3v) is 12.6. The number of ether oxygens (including phenoxy) is 1. The van der Waals surface area contributed by atoms with Crippen LogP contribution in [-0.4, -0.2) is 106 Å². The van der Waals surface area contributed by atoms with Gasteiger partial charge in [-0.15, -0.1) is 0 Å². The number of piperazine rings is 2. The number of methoxy groups -OCH3 is 1. The number of benzene rings is 3. The highest BCUT2D eigenvalue weighted by atomic mass is 16.5. The summed E-state index contributed by atoms with van der Waals surface area (Å²) in [5, 5.41) is 10.9. The minimum Gasteiger partial charge on any atom is -0.384 e. The Kier molecular flexibility index (Phi) is 11.1. The largest absolute Gasteiger partial charge is 0.384 e. The summed E-state index contributed by atoms with van der Waals surface area (Å²) in [4.78, 5) is 32.5. The molecule has 4 aromatic rings. The SMILES string of the molecule is COC(C)(C)c1ccc(N2C[C@H](c3ccc(C(C)(C)O)nc3)C(Cc3ccccc3N3CCN(C)CC3)(Cc3ccccc3N3CCN(C)CC3)C2=O)cc1. The van der Waals surface area contributed by atoms with Crippen LogP contribution in [0.15, 0.2) is 91.1 Å². The second kappa shape index (κ2) is 15.7. The third kappa shape index (κ3) is 8.03. The van der Waals surface area contributed by atoms with E-state index in [9.17, 15) is 5.11 Å². The molecule has 0 radical (unpaired) electrons. The van der Waals surface area contributed by atoms with Gasteiger partial charge in [0.2, 0.25) is 5.91 Å². The summed E-state index contributed by atoms with van der Waals surface area (Å²) in [6, 6.07) is 29.9. The number of likely N-dealkylation sites (N-methyl/N-ethyl adjacent to an activating group) is 2. The molecule has 0 saturated carbocycles. The number of rotatable bonds is 11. The maximum absolute atomic E-state index is 15.8. The van der Waals surface area contributed by atoms with Crippen LogP contribution in [-0.2, 0) is 33.6 Å². The van der Waals surface area contributed by atoms with Crippen LogP contribution in [0.25, 0.3) is 0 Å². The molecule has 1 amide bonds. The summed E-state index contributed by atoms with van der Waals surface area (Å²) in [5.41, 5.74) is 6.02. The van der Waals surface area contributed by atoms with E-state index in [1.165, 1.54) is 22.5 Å². The van der Waals surface area contributed by atoms with E-state index in [0.717, 1.165) is 69.2 Å². The molecule has 1 aromatic heterocycles. The highest BCUT2D eigenvalue weighted by molar-refractivity contribution is 6.02. The number of aromatic nitrogens is 1. The van der Waals surface area contributed by atoms with Crippen molar-refractivity contribution in [2.24, 2.45) is 5.41 Å². The molecular weight excluding hydrogens is 685 g/mol. The summed E-state index contributed by atoms with van der Waals surface area (Å²) in [5.74, 6) is -0.0521. The van der Waals surface area contributed by atoms with Gasteiger partial charge < -0.3 is 34.3 Å². The number of amides is 1. The number of pyridine rings is 1. The standard InChI is InChI=1S/C46H60N6O3/c1-44(2,54)42-21-16-36(32-47-42)39-33-52(38-19-17-37(18-20-38)45(3,4)55-7)43(53)46(39,30-34-12-8-10-14-40(34)50-26-22-48(5)23-27-50)31-35-13-9-11-15-41(35)51-28-24-49(6)25-29-51/h8-21,32,39,54H,22-31,33H2,1-7H3/t39-/m1/s1. The molecule has 0 bridgehead atoms.